The fourth-order valence-electron chi connectivity index (χ4n) is 6.75. The van der Waals surface area contributed by atoms with Gasteiger partial charge >= 0.3 is 0 Å². The van der Waals surface area contributed by atoms with Gasteiger partial charge in [-0.3, -0.25) is 33.8 Å². The largest absolute Gasteiger partial charge is 0.507 e. The first-order chi connectivity index (χ1) is 18.9. The Morgan fingerprint density at radius 3 is 2.33 bits per heavy atom. The Kier molecular flexibility index (Phi) is 6.58. The maximum absolute atomic E-state index is 13.8. The molecule has 4 aliphatic rings. The molecule has 4 atom stereocenters. The highest BCUT2D eigenvalue weighted by Gasteiger charge is 2.56. The molecule has 1 fully saturated rings. The summed E-state index contributed by atoms with van der Waals surface area (Å²) >= 11 is 0. The first-order valence-corrected chi connectivity index (χ1v) is 12.9. The lowest BCUT2D eigenvalue weighted by atomic mass is 9.71. The summed E-state index contributed by atoms with van der Waals surface area (Å²) in [6.45, 7) is 4.10. The normalized spacial score (nSPS) is 26.3. The highest BCUT2D eigenvalue weighted by molar-refractivity contribution is 6.35. The smallest absolute Gasteiger partial charge is 0.287 e. The molecule has 0 spiro atoms. The number of carbonyl (C=O) groups excluding carboxylic acids is 5. The molecule has 1 amide bonds. The van der Waals surface area contributed by atoms with Gasteiger partial charge in [-0.25, -0.2) is 0 Å². The van der Waals surface area contributed by atoms with Crippen molar-refractivity contribution in [1.29, 1.82) is 0 Å². The predicted octanol–water partition coefficient (Wildman–Crippen LogP) is 0.483. The number of aromatic hydroxyl groups is 2. The van der Waals surface area contributed by atoms with E-state index in [1.165, 1.54) is 21.1 Å². The number of allylic oxidation sites excluding steroid dienone is 2. The van der Waals surface area contributed by atoms with Crippen LogP contribution in [0.3, 0.4) is 0 Å². The Balaban J connectivity index is 1.72. The van der Waals surface area contributed by atoms with Gasteiger partial charge in [0.2, 0.25) is 11.6 Å². The van der Waals surface area contributed by atoms with Crippen LogP contribution in [0.5, 0.6) is 17.2 Å². The van der Waals surface area contributed by atoms with E-state index in [1.807, 2.05) is 4.90 Å². The molecular weight excluding hydrogens is 522 g/mol. The lowest BCUT2D eigenvalue weighted by molar-refractivity contribution is -0.137. The zero-order valence-corrected chi connectivity index (χ0v) is 23.1. The summed E-state index contributed by atoms with van der Waals surface area (Å²) in [6.07, 6.45) is 0.0944. The van der Waals surface area contributed by atoms with Crippen LogP contribution in [0.4, 0.5) is 0 Å². The Morgan fingerprint density at radius 2 is 1.73 bits per heavy atom. The van der Waals surface area contributed by atoms with Crippen LogP contribution in [0.2, 0.25) is 0 Å². The van der Waals surface area contributed by atoms with Gasteiger partial charge in [-0.05, 0) is 27.3 Å². The Morgan fingerprint density at radius 1 is 1.05 bits per heavy atom. The summed E-state index contributed by atoms with van der Waals surface area (Å²) < 4.78 is 10.7. The van der Waals surface area contributed by atoms with Crippen LogP contribution in [0.25, 0.3) is 0 Å². The molecule has 0 saturated carbocycles. The highest BCUT2D eigenvalue weighted by Crippen LogP contribution is 2.54. The van der Waals surface area contributed by atoms with E-state index in [1.54, 1.807) is 18.9 Å². The number of Topliss-reactive ketones (excluding diaryl/α,β-unsaturated/α-hetero) is 4. The molecule has 0 aromatic heterocycles. The van der Waals surface area contributed by atoms with E-state index in [2.05, 4.69) is 5.32 Å². The topological polar surface area (TPSA) is 163 Å². The Bertz CT molecular complexity index is 1470. The van der Waals surface area contributed by atoms with Crippen molar-refractivity contribution in [2.45, 2.75) is 51.4 Å². The van der Waals surface area contributed by atoms with Crippen LogP contribution < -0.4 is 10.1 Å². The minimum absolute atomic E-state index is 0.00792. The van der Waals surface area contributed by atoms with Crippen LogP contribution in [-0.4, -0.2) is 102 Å². The molecule has 212 valence electrons. The molecule has 3 heterocycles. The minimum Gasteiger partial charge on any atom is -0.507 e. The van der Waals surface area contributed by atoms with Gasteiger partial charge in [0, 0.05) is 53.9 Å². The quantitative estimate of drug-likeness (QED) is 0.264. The monoisotopic (exact) mass is 553 g/mol. The molecule has 3 aliphatic heterocycles. The first kappa shape index (κ1) is 27.5. The van der Waals surface area contributed by atoms with Crippen molar-refractivity contribution in [3.8, 4) is 17.2 Å². The molecule has 1 aromatic carbocycles. The number of phenolic OH excluding ortho intramolecular Hbond substituents is 2. The maximum Gasteiger partial charge on any atom is 0.287 e. The van der Waals surface area contributed by atoms with Crippen LogP contribution >= 0.6 is 0 Å². The van der Waals surface area contributed by atoms with Gasteiger partial charge in [0.15, 0.2) is 28.8 Å². The van der Waals surface area contributed by atoms with Crippen molar-refractivity contribution < 1.29 is 43.7 Å². The number of ketones is 4. The molecule has 12 nitrogen and oxygen atoms in total. The molecule has 40 heavy (non-hydrogen) atoms. The third kappa shape index (κ3) is 3.62. The number of phenols is 2. The molecule has 12 heteroatoms. The first-order valence-electron chi connectivity index (χ1n) is 12.9. The molecule has 2 bridgehead atoms. The second-order valence-corrected chi connectivity index (χ2v) is 10.6. The van der Waals surface area contributed by atoms with Crippen molar-refractivity contribution in [2.24, 2.45) is 0 Å². The lowest BCUT2D eigenvalue weighted by Gasteiger charge is -2.57. The van der Waals surface area contributed by atoms with E-state index >= 15 is 0 Å². The van der Waals surface area contributed by atoms with Crippen LogP contribution in [0.15, 0.2) is 22.5 Å². The number of ether oxygens (including phenoxy) is 2. The molecule has 3 N–H and O–H groups in total. The van der Waals surface area contributed by atoms with Gasteiger partial charge in [-0.15, -0.1) is 0 Å². The maximum atomic E-state index is 13.8. The van der Waals surface area contributed by atoms with Crippen molar-refractivity contribution in [2.75, 3.05) is 34.4 Å². The summed E-state index contributed by atoms with van der Waals surface area (Å²) in [4.78, 5) is 68.6. The van der Waals surface area contributed by atoms with E-state index in [0.717, 1.165) is 6.92 Å². The number of benzene rings is 1. The van der Waals surface area contributed by atoms with Crippen LogP contribution in [0, 0.1) is 6.92 Å². The summed E-state index contributed by atoms with van der Waals surface area (Å²) in [5, 5.41) is 24.9. The number of hydrogen-bond acceptors (Lipinski definition) is 11. The van der Waals surface area contributed by atoms with Crippen molar-refractivity contribution in [1.82, 2.24) is 15.1 Å². The third-order valence-electron chi connectivity index (χ3n) is 8.68. The minimum atomic E-state index is -0.872. The van der Waals surface area contributed by atoms with E-state index in [0.29, 0.717) is 0 Å². The fraction of sp³-hybridized carbons (Fsp3) is 0.464. The van der Waals surface area contributed by atoms with Crippen molar-refractivity contribution in [3.05, 3.63) is 39.2 Å². The molecule has 1 saturated heterocycles. The van der Waals surface area contributed by atoms with Gasteiger partial charge < -0.3 is 25.0 Å². The molecule has 1 unspecified atom stereocenters. The second kappa shape index (κ2) is 9.56. The molecule has 0 radical (unpaired) electrons. The number of amides is 1. The number of rotatable bonds is 5. The second-order valence-electron chi connectivity index (χ2n) is 10.6. The van der Waals surface area contributed by atoms with E-state index in [9.17, 15) is 34.2 Å². The predicted molar refractivity (Wildman–Crippen MR) is 139 cm³/mol. The van der Waals surface area contributed by atoms with Crippen LogP contribution in [0.1, 0.15) is 47.8 Å². The number of piperazine rings is 1. The zero-order valence-electron chi connectivity index (χ0n) is 23.1. The van der Waals surface area contributed by atoms with E-state index in [4.69, 9.17) is 9.47 Å². The summed E-state index contributed by atoms with van der Waals surface area (Å²) in [6, 6.07) is -2.89. The van der Waals surface area contributed by atoms with Crippen LogP contribution in [-0.2, 0) is 23.9 Å². The lowest BCUT2D eigenvalue weighted by Crippen LogP contribution is -2.68. The molecule has 5 rings (SSSR count). The number of methoxy groups -OCH3 is 2. The highest BCUT2D eigenvalue weighted by atomic mass is 16.5. The van der Waals surface area contributed by atoms with E-state index < -0.39 is 47.4 Å². The van der Waals surface area contributed by atoms with Gasteiger partial charge in [0.05, 0.1) is 37.9 Å². The summed E-state index contributed by atoms with van der Waals surface area (Å²) in [5.74, 6) is -3.49. The van der Waals surface area contributed by atoms with Gasteiger partial charge in [-0.1, -0.05) is 0 Å². The summed E-state index contributed by atoms with van der Waals surface area (Å²) in [5.41, 5.74) is 0.967. The number of nitrogens with one attached hydrogen (secondary N) is 1. The van der Waals surface area contributed by atoms with Gasteiger partial charge in [-0.2, -0.15) is 0 Å². The standard InChI is InChI=1S/C28H31N3O9/c1-10-21(33)13-7-14-20-18-19(22(34)11(2)27(40-6)25(18)37)23(35)16(30(20)4)9-31(14)15(8-29-28(38)12(3)32)17(13)24(36)26(10)39-5/h14-16,20,34,37H,7-9H2,1-6H3,(H,29,38)/t14-,15-,16+,20?/m0/s1. The van der Waals surface area contributed by atoms with Gasteiger partial charge in [0.1, 0.15) is 5.75 Å². The summed E-state index contributed by atoms with van der Waals surface area (Å²) in [7, 11) is 4.38. The number of fused-ring (bicyclic) bond motifs is 6. The third-order valence-corrected chi connectivity index (χ3v) is 8.68. The fourth-order valence-corrected chi connectivity index (χ4v) is 6.75. The molecular formula is C28H31N3O9. The Hall–Kier alpha value is -4.03. The average Bonchev–Trinajstić information content (AvgIpc) is 2.91. The zero-order chi connectivity index (χ0) is 29.4. The number of nitrogens with zero attached hydrogens (tertiary/aromatic N) is 2. The number of likely N-dealkylation sites (N-methyl/N-ethyl adjacent to an activating group) is 1. The average molecular weight is 554 g/mol. The number of carbonyl (C=O) groups is 5. The van der Waals surface area contributed by atoms with E-state index in [-0.39, 0.29) is 81.7 Å². The molecule has 1 aromatic rings. The number of hydrogen-bond donors (Lipinski definition) is 3. The molecule has 1 aliphatic carbocycles. The SMILES string of the molecule is COC1=C(C)C(=O)C2=C(C1=O)[C@H](CNC(=O)C(C)=O)N1C[C@@H]3C(=O)c4c(O)c(C)c(OC)c(O)c4C([C@@H]1C2)N3C. The Labute approximate surface area is 230 Å². The van der Waals surface area contributed by atoms with Crippen molar-refractivity contribution >= 4 is 29.0 Å². The van der Waals surface area contributed by atoms with Crippen molar-refractivity contribution in [3.63, 3.8) is 0 Å². The van der Waals surface area contributed by atoms with Gasteiger partial charge in [0.25, 0.3) is 5.91 Å².